The summed E-state index contributed by atoms with van der Waals surface area (Å²) < 4.78 is 26.2. The topological polar surface area (TPSA) is 65.5 Å². The number of likely N-dealkylation sites (N-methyl/N-ethyl adjacent to an activating group) is 1. The lowest BCUT2D eigenvalue weighted by Gasteiger charge is -2.33. The Labute approximate surface area is 155 Å². The van der Waals surface area contributed by atoms with E-state index in [4.69, 9.17) is 0 Å². The number of carbonyl (C=O) groups is 2. The second-order valence-electron chi connectivity index (χ2n) is 6.22. The largest absolute Gasteiger partial charge is 0.335 e. The summed E-state index contributed by atoms with van der Waals surface area (Å²) in [5, 5.41) is 2.45. The van der Waals surface area contributed by atoms with Gasteiger partial charge in [-0.05, 0) is 30.8 Å². The molecule has 1 aromatic heterocycles. The number of halogens is 2. The molecule has 3 rings (SSSR count). The van der Waals surface area contributed by atoms with E-state index in [2.05, 4.69) is 22.1 Å². The third-order valence-corrected chi connectivity index (χ3v) is 4.49. The monoisotopic (exact) mass is 374 g/mol. The average Bonchev–Trinajstić information content (AvgIpc) is 2.70. The van der Waals surface area contributed by atoms with Crippen LogP contribution in [0.1, 0.15) is 27.9 Å². The fourth-order valence-corrected chi connectivity index (χ4v) is 2.88. The number of carbonyl (C=O) groups excluding carboxylic acids is 2. The van der Waals surface area contributed by atoms with Crippen molar-refractivity contribution in [1.82, 2.24) is 14.8 Å². The maximum Gasteiger partial charge on any atom is 0.274 e. The zero-order valence-corrected chi connectivity index (χ0v) is 14.9. The molecule has 1 N–H and O–H groups in total. The van der Waals surface area contributed by atoms with Crippen molar-refractivity contribution in [2.75, 3.05) is 38.0 Å². The van der Waals surface area contributed by atoms with E-state index in [0.717, 1.165) is 31.8 Å². The summed E-state index contributed by atoms with van der Waals surface area (Å²) in [6.45, 7) is 5.85. The van der Waals surface area contributed by atoms with E-state index in [-0.39, 0.29) is 23.0 Å². The number of piperazine rings is 1. The highest BCUT2D eigenvalue weighted by molar-refractivity contribution is 6.03. The fraction of sp³-hybridized carbons (Fsp3) is 0.316. The molecular weight excluding hydrogens is 354 g/mol. The Morgan fingerprint density at radius 3 is 2.41 bits per heavy atom. The van der Waals surface area contributed by atoms with Gasteiger partial charge in [0.1, 0.15) is 11.4 Å². The molecule has 6 nitrogen and oxygen atoms in total. The minimum Gasteiger partial charge on any atom is -0.335 e. The molecule has 1 aliphatic heterocycles. The van der Waals surface area contributed by atoms with Gasteiger partial charge in [0, 0.05) is 37.9 Å². The minimum atomic E-state index is -1.06. The highest BCUT2D eigenvalue weighted by atomic mass is 19.2. The molecule has 2 heterocycles. The van der Waals surface area contributed by atoms with Crippen molar-refractivity contribution in [1.29, 1.82) is 0 Å². The first-order valence-corrected chi connectivity index (χ1v) is 8.73. The number of nitrogens with zero attached hydrogens (tertiary/aromatic N) is 3. The second-order valence-corrected chi connectivity index (χ2v) is 6.22. The van der Waals surface area contributed by atoms with E-state index in [0.29, 0.717) is 13.1 Å². The van der Waals surface area contributed by atoms with Gasteiger partial charge in [-0.1, -0.05) is 13.0 Å². The lowest BCUT2D eigenvalue weighted by Crippen LogP contribution is -2.48. The van der Waals surface area contributed by atoms with Gasteiger partial charge < -0.3 is 15.1 Å². The summed E-state index contributed by atoms with van der Waals surface area (Å²) in [5.41, 5.74) is 0.309. The van der Waals surface area contributed by atoms with E-state index in [1.54, 1.807) is 17.0 Å². The van der Waals surface area contributed by atoms with Crippen molar-refractivity contribution in [3.63, 3.8) is 0 Å². The molecule has 0 atom stereocenters. The van der Waals surface area contributed by atoms with Gasteiger partial charge in [0.2, 0.25) is 0 Å². The highest BCUT2D eigenvalue weighted by Crippen LogP contribution is 2.14. The van der Waals surface area contributed by atoms with Gasteiger partial charge >= 0.3 is 0 Å². The number of benzene rings is 1. The standard InChI is InChI=1S/C19H20F2N4O2/c1-2-24-8-10-25(11-9-24)19(27)17-5-3-4-16(23-17)18(26)22-13-6-7-14(20)15(21)12-13/h3-7,12H,2,8-11H2,1H3,(H,22,26). The summed E-state index contributed by atoms with van der Waals surface area (Å²) >= 11 is 0. The molecule has 142 valence electrons. The highest BCUT2D eigenvalue weighted by Gasteiger charge is 2.23. The average molecular weight is 374 g/mol. The SMILES string of the molecule is CCN1CCN(C(=O)c2cccc(C(=O)Nc3ccc(F)c(F)c3)n2)CC1. The van der Waals surface area contributed by atoms with Crippen molar-refractivity contribution in [2.24, 2.45) is 0 Å². The predicted octanol–water partition coefficient (Wildman–Crippen LogP) is 2.39. The molecule has 27 heavy (non-hydrogen) atoms. The van der Waals surface area contributed by atoms with E-state index < -0.39 is 17.5 Å². The maximum absolute atomic E-state index is 13.3. The van der Waals surface area contributed by atoms with E-state index >= 15 is 0 Å². The molecule has 0 spiro atoms. The van der Waals surface area contributed by atoms with Gasteiger partial charge in [-0.3, -0.25) is 9.59 Å². The number of pyridine rings is 1. The van der Waals surface area contributed by atoms with Crippen LogP contribution in [0.25, 0.3) is 0 Å². The van der Waals surface area contributed by atoms with Gasteiger partial charge in [-0.2, -0.15) is 0 Å². The van der Waals surface area contributed by atoms with Crippen LogP contribution in [0.4, 0.5) is 14.5 Å². The van der Waals surface area contributed by atoms with Crippen LogP contribution in [0, 0.1) is 11.6 Å². The summed E-state index contributed by atoms with van der Waals surface area (Å²) in [7, 11) is 0. The maximum atomic E-state index is 13.3. The molecule has 2 amide bonds. The molecule has 8 heteroatoms. The smallest absolute Gasteiger partial charge is 0.274 e. The normalized spacial score (nSPS) is 14.9. The van der Waals surface area contributed by atoms with Crippen molar-refractivity contribution in [2.45, 2.75) is 6.92 Å². The molecule has 0 bridgehead atoms. The molecule has 1 saturated heterocycles. The van der Waals surface area contributed by atoms with Crippen molar-refractivity contribution in [3.8, 4) is 0 Å². The van der Waals surface area contributed by atoms with Crippen molar-refractivity contribution < 1.29 is 18.4 Å². The summed E-state index contributed by atoms with van der Waals surface area (Å²) in [5.74, 6) is -2.89. The van der Waals surface area contributed by atoms with Crippen LogP contribution in [0.15, 0.2) is 36.4 Å². The lowest BCUT2D eigenvalue weighted by atomic mass is 10.2. The number of rotatable bonds is 4. The first-order valence-electron chi connectivity index (χ1n) is 8.73. The number of aromatic nitrogens is 1. The fourth-order valence-electron chi connectivity index (χ4n) is 2.88. The zero-order chi connectivity index (χ0) is 19.4. The first-order chi connectivity index (χ1) is 13.0. The number of anilines is 1. The Morgan fingerprint density at radius 2 is 1.74 bits per heavy atom. The predicted molar refractivity (Wildman–Crippen MR) is 96.6 cm³/mol. The van der Waals surface area contributed by atoms with Gasteiger partial charge in [0.15, 0.2) is 11.6 Å². The number of nitrogens with one attached hydrogen (secondary N) is 1. The molecule has 0 radical (unpaired) electrons. The summed E-state index contributed by atoms with van der Waals surface area (Å²) in [6.07, 6.45) is 0. The Morgan fingerprint density at radius 1 is 1.04 bits per heavy atom. The molecule has 0 saturated carbocycles. The van der Waals surface area contributed by atoms with Crippen LogP contribution in [0.2, 0.25) is 0 Å². The van der Waals surface area contributed by atoms with E-state index in [1.807, 2.05) is 0 Å². The first kappa shape index (κ1) is 18.9. The molecule has 1 fully saturated rings. The number of hydrogen-bond donors (Lipinski definition) is 1. The Bertz CT molecular complexity index is 851. The second kappa shape index (κ2) is 8.22. The van der Waals surface area contributed by atoms with Gasteiger partial charge in [0.05, 0.1) is 0 Å². The lowest BCUT2D eigenvalue weighted by molar-refractivity contribution is 0.0637. The van der Waals surface area contributed by atoms with Crippen LogP contribution < -0.4 is 5.32 Å². The van der Waals surface area contributed by atoms with Gasteiger partial charge in [-0.15, -0.1) is 0 Å². The molecule has 0 unspecified atom stereocenters. The number of hydrogen-bond acceptors (Lipinski definition) is 4. The number of amides is 2. The van der Waals surface area contributed by atoms with Crippen LogP contribution in [-0.2, 0) is 0 Å². The Kier molecular flexibility index (Phi) is 5.75. The molecular formula is C19H20F2N4O2. The Hall–Kier alpha value is -2.87. The van der Waals surface area contributed by atoms with Crippen molar-refractivity contribution in [3.05, 3.63) is 59.4 Å². The zero-order valence-electron chi connectivity index (χ0n) is 14.9. The summed E-state index contributed by atoms with van der Waals surface area (Å²) in [4.78, 5) is 33.1. The van der Waals surface area contributed by atoms with Gasteiger partial charge in [0.25, 0.3) is 11.8 Å². The van der Waals surface area contributed by atoms with Crippen molar-refractivity contribution >= 4 is 17.5 Å². The van der Waals surface area contributed by atoms with Gasteiger partial charge in [-0.25, -0.2) is 13.8 Å². The minimum absolute atomic E-state index is 0.0257. The molecule has 1 aromatic carbocycles. The van der Waals surface area contributed by atoms with Crippen LogP contribution >= 0.6 is 0 Å². The third-order valence-electron chi connectivity index (χ3n) is 4.49. The van der Waals surface area contributed by atoms with Crippen LogP contribution in [0.5, 0.6) is 0 Å². The van der Waals surface area contributed by atoms with E-state index in [9.17, 15) is 18.4 Å². The molecule has 1 aliphatic rings. The Balaban J connectivity index is 1.70. The molecule has 0 aliphatic carbocycles. The van der Waals surface area contributed by atoms with Crippen LogP contribution in [-0.4, -0.2) is 59.3 Å². The molecule has 2 aromatic rings. The van der Waals surface area contributed by atoms with E-state index in [1.165, 1.54) is 12.1 Å². The third kappa shape index (κ3) is 4.46. The van der Waals surface area contributed by atoms with Crippen LogP contribution in [0.3, 0.4) is 0 Å². The summed E-state index contributed by atoms with van der Waals surface area (Å²) in [6, 6.07) is 7.65. The quantitative estimate of drug-likeness (QED) is 0.893.